The largest absolute Gasteiger partial charge is 0.480 e. The van der Waals surface area contributed by atoms with Crippen LogP contribution < -0.4 is 5.73 Å². The fraction of sp³-hybridized carbons (Fsp3) is 0.118. The number of aliphatic carboxylic acids is 1. The molecule has 0 bridgehead atoms. The first-order valence-electron chi connectivity index (χ1n) is 7.30. The molecule has 3 N–H and O–H groups in total. The zero-order valence-electron chi connectivity index (χ0n) is 12.7. The summed E-state index contributed by atoms with van der Waals surface area (Å²) < 4.78 is 0. The fourth-order valence-corrected chi connectivity index (χ4v) is 2.50. The molecule has 3 aromatic rings. The monoisotopic (exact) mass is 321 g/mol. The number of carboxylic acid groups (broad SMARTS) is 1. The van der Waals surface area contributed by atoms with E-state index in [0.29, 0.717) is 5.69 Å². The van der Waals surface area contributed by atoms with Crippen LogP contribution in [0.1, 0.15) is 5.56 Å². The molecule has 0 aliphatic rings. The molecule has 3 rings (SSSR count). The molecule has 1 atom stereocenters. The molecule has 0 spiro atoms. The van der Waals surface area contributed by atoms with Crippen molar-refractivity contribution >= 4 is 5.97 Å². The van der Waals surface area contributed by atoms with Gasteiger partial charge in [0.2, 0.25) is 0 Å². The molecule has 0 unspecified atom stereocenters. The summed E-state index contributed by atoms with van der Waals surface area (Å²) in [7, 11) is 0. The van der Waals surface area contributed by atoms with E-state index < -0.39 is 12.0 Å². The van der Waals surface area contributed by atoms with E-state index in [1.165, 1.54) is 12.7 Å². The van der Waals surface area contributed by atoms with Crippen LogP contribution in [0.4, 0.5) is 0 Å². The minimum atomic E-state index is -1.05. The summed E-state index contributed by atoms with van der Waals surface area (Å²) >= 11 is 0. The Hall–Kier alpha value is -3.19. The Kier molecular flexibility index (Phi) is 4.53. The van der Waals surface area contributed by atoms with Crippen LogP contribution >= 0.6 is 0 Å². The van der Waals surface area contributed by atoms with Crippen molar-refractivity contribution in [2.75, 3.05) is 0 Å². The predicted octanol–water partition coefficient (Wildman–Crippen LogP) is 1.55. The van der Waals surface area contributed by atoms with Gasteiger partial charge in [-0.15, -0.1) is 0 Å². The number of benzene rings is 1. The number of hydrogen-bond acceptors (Lipinski definition) is 6. The van der Waals surface area contributed by atoms with Crippen LogP contribution in [0, 0.1) is 0 Å². The fourth-order valence-electron chi connectivity index (χ4n) is 2.50. The van der Waals surface area contributed by atoms with Gasteiger partial charge in [-0.25, -0.2) is 19.9 Å². The molecule has 0 fully saturated rings. The van der Waals surface area contributed by atoms with Crippen molar-refractivity contribution in [1.29, 1.82) is 0 Å². The topological polar surface area (TPSA) is 115 Å². The number of nitrogens with two attached hydrogens (primary N) is 1. The van der Waals surface area contributed by atoms with Gasteiger partial charge in [-0.3, -0.25) is 4.79 Å². The molecule has 0 radical (unpaired) electrons. The van der Waals surface area contributed by atoms with Crippen LogP contribution in [0.3, 0.4) is 0 Å². The number of aromatic nitrogens is 4. The molecule has 0 amide bonds. The number of carboxylic acids is 1. The highest BCUT2D eigenvalue weighted by atomic mass is 16.4. The normalized spacial score (nSPS) is 11.9. The third-order valence-electron chi connectivity index (χ3n) is 3.60. The van der Waals surface area contributed by atoms with Gasteiger partial charge in [0, 0.05) is 23.5 Å². The molecule has 0 saturated heterocycles. The first-order chi connectivity index (χ1) is 11.7. The summed E-state index contributed by atoms with van der Waals surface area (Å²) in [5, 5.41) is 9.12. The smallest absolute Gasteiger partial charge is 0.320 e. The molecule has 7 heteroatoms. The lowest BCUT2D eigenvalue weighted by molar-refractivity contribution is -0.138. The van der Waals surface area contributed by atoms with E-state index in [4.69, 9.17) is 10.8 Å². The maximum atomic E-state index is 11.1. The lowest BCUT2D eigenvalue weighted by Crippen LogP contribution is -2.32. The molecule has 0 aliphatic heterocycles. The third kappa shape index (κ3) is 3.26. The Labute approximate surface area is 138 Å². The molecular weight excluding hydrogens is 306 g/mol. The van der Waals surface area contributed by atoms with Crippen molar-refractivity contribution in [3.63, 3.8) is 0 Å². The lowest BCUT2D eigenvalue weighted by Gasteiger charge is -2.15. The van der Waals surface area contributed by atoms with Crippen molar-refractivity contribution in [1.82, 2.24) is 19.9 Å². The van der Waals surface area contributed by atoms with Crippen molar-refractivity contribution in [2.24, 2.45) is 5.73 Å². The third-order valence-corrected chi connectivity index (χ3v) is 3.60. The van der Waals surface area contributed by atoms with Gasteiger partial charge in [-0.05, 0) is 24.1 Å². The summed E-state index contributed by atoms with van der Waals surface area (Å²) in [6, 6.07) is 8.19. The highest BCUT2D eigenvalue weighted by Gasteiger charge is 2.19. The number of nitrogens with zero attached hydrogens (tertiary/aromatic N) is 4. The van der Waals surface area contributed by atoms with Gasteiger partial charge < -0.3 is 10.8 Å². The van der Waals surface area contributed by atoms with E-state index in [2.05, 4.69) is 19.9 Å². The lowest BCUT2D eigenvalue weighted by atomic mass is 9.92. The highest BCUT2D eigenvalue weighted by molar-refractivity contribution is 5.83. The quantitative estimate of drug-likeness (QED) is 0.732. The second-order valence-electron chi connectivity index (χ2n) is 5.18. The van der Waals surface area contributed by atoms with E-state index in [0.717, 1.165) is 22.4 Å². The molecular formula is C17H15N5O2. The number of rotatable bonds is 5. The second-order valence-corrected chi connectivity index (χ2v) is 5.18. The molecule has 120 valence electrons. The van der Waals surface area contributed by atoms with Crippen LogP contribution in [0.5, 0.6) is 0 Å². The SMILES string of the molecule is N[C@H](Cc1cccc(-c2ccncn2)c1-c1ccncn1)C(=O)O. The van der Waals surface area contributed by atoms with Gasteiger partial charge in [0.25, 0.3) is 0 Å². The number of carbonyl (C=O) groups is 1. The molecule has 7 nitrogen and oxygen atoms in total. The van der Waals surface area contributed by atoms with Crippen molar-refractivity contribution in [3.8, 4) is 22.5 Å². The van der Waals surface area contributed by atoms with Crippen molar-refractivity contribution in [2.45, 2.75) is 12.5 Å². The van der Waals surface area contributed by atoms with Crippen LogP contribution in [-0.2, 0) is 11.2 Å². The minimum Gasteiger partial charge on any atom is -0.480 e. The Bertz CT molecular complexity index is 840. The Balaban J connectivity index is 2.18. The van der Waals surface area contributed by atoms with E-state index >= 15 is 0 Å². The average Bonchev–Trinajstić information content (AvgIpc) is 2.63. The van der Waals surface area contributed by atoms with Crippen LogP contribution in [0.25, 0.3) is 22.5 Å². The van der Waals surface area contributed by atoms with Gasteiger partial charge >= 0.3 is 5.97 Å². The molecule has 0 aliphatic carbocycles. The Morgan fingerprint density at radius 2 is 1.71 bits per heavy atom. The summed E-state index contributed by atoms with van der Waals surface area (Å²) in [5.74, 6) is -1.05. The van der Waals surface area contributed by atoms with E-state index in [1.807, 2.05) is 18.2 Å². The summed E-state index contributed by atoms with van der Waals surface area (Å²) in [6.45, 7) is 0. The van der Waals surface area contributed by atoms with E-state index in [9.17, 15) is 4.79 Å². The maximum absolute atomic E-state index is 11.1. The first-order valence-corrected chi connectivity index (χ1v) is 7.30. The first kappa shape index (κ1) is 15.7. The van der Waals surface area contributed by atoms with Gasteiger partial charge in [0.1, 0.15) is 18.7 Å². The Morgan fingerprint density at radius 3 is 2.29 bits per heavy atom. The predicted molar refractivity (Wildman–Crippen MR) is 87.8 cm³/mol. The van der Waals surface area contributed by atoms with E-state index in [-0.39, 0.29) is 6.42 Å². The summed E-state index contributed by atoms with van der Waals surface area (Å²) in [4.78, 5) is 27.6. The van der Waals surface area contributed by atoms with Crippen LogP contribution in [0.2, 0.25) is 0 Å². The van der Waals surface area contributed by atoms with Gasteiger partial charge in [-0.2, -0.15) is 0 Å². The zero-order chi connectivity index (χ0) is 16.9. The molecule has 24 heavy (non-hydrogen) atoms. The minimum absolute atomic E-state index is 0.188. The zero-order valence-corrected chi connectivity index (χ0v) is 12.7. The Morgan fingerprint density at radius 1 is 1.04 bits per heavy atom. The van der Waals surface area contributed by atoms with Gasteiger partial charge in [0.15, 0.2) is 0 Å². The maximum Gasteiger partial charge on any atom is 0.320 e. The molecule has 1 aromatic carbocycles. The second kappa shape index (κ2) is 6.93. The van der Waals surface area contributed by atoms with Crippen molar-refractivity contribution < 1.29 is 9.90 Å². The van der Waals surface area contributed by atoms with E-state index in [1.54, 1.807) is 24.5 Å². The number of hydrogen-bond donors (Lipinski definition) is 2. The standard InChI is InChI=1S/C17H15N5O2/c18-13(17(23)24)8-11-2-1-3-12(14-4-6-19-9-21-14)16(11)15-5-7-20-10-22-15/h1-7,9-10,13H,8,18H2,(H,23,24)/t13-/m1/s1. The van der Waals surface area contributed by atoms with Gasteiger partial charge in [-0.1, -0.05) is 18.2 Å². The summed E-state index contributed by atoms with van der Waals surface area (Å²) in [5.41, 5.74) is 9.57. The van der Waals surface area contributed by atoms with Crippen LogP contribution in [-0.4, -0.2) is 37.1 Å². The average molecular weight is 321 g/mol. The van der Waals surface area contributed by atoms with Crippen LogP contribution in [0.15, 0.2) is 55.4 Å². The molecule has 2 aromatic heterocycles. The summed E-state index contributed by atoms with van der Waals surface area (Å²) in [6.07, 6.45) is 6.40. The molecule has 0 saturated carbocycles. The van der Waals surface area contributed by atoms with Gasteiger partial charge in [0.05, 0.1) is 11.4 Å². The highest BCUT2D eigenvalue weighted by Crippen LogP contribution is 2.33. The van der Waals surface area contributed by atoms with Crippen molar-refractivity contribution in [3.05, 3.63) is 60.9 Å². The molecule has 2 heterocycles.